The lowest BCUT2D eigenvalue weighted by Crippen LogP contribution is -2.27. The molecule has 4 nitrogen and oxygen atoms in total. The molecular formula is C9H15N3O. The van der Waals surface area contributed by atoms with E-state index in [1.165, 1.54) is 0 Å². The van der Waals surface area contributed by atoms with Gasteiger partial charge in [0.25, 0.3) is 0 Å². The predicted octanol–water partition coefficient (Wildman–Crippen LogP) is 0.145. The molecule has 0 spiro atoms. The fourth-order valence-corrected chi connectivity index (χ4v) is 1.33. The smallest absolute Gasteiger partial charge is 0.218 e. The second kappa shape index (κ2) is 4.24. The van der Waals surface area contributed by atoms with Gasteiger partial charge in [0.1, 0.15) is 0 Å². The zero-order valence-electron chi connectivity index (χ0n) is 7.68. The van der Waals surface area contributed by atoms with Gasteiger partial charge in [0, 0.05) is 25.9 Å². The maximum absolute atomic E-state index is 10.4. The fourth-order valence-electron chi connectivity index (χ4n) is 1.33. The molecule has 1 fully saturated rings. The molecular weight excluding hydrogens is 166 g/mol. The molecule has 0 aromatic carbocycles. The normalized spacial score (nSPS) is 17.8. The molecule has 0 aromatic rings. The van der Waals surface area contributed by atoms with Gasteiger partial charge in [0.2, 0.25) is 5.91 Å². The lowest BCUT2D eigenvalue weighted by molar-refractivity contribution is -0.117. The number of rotatable bonds is 6. The largest absolute Gasteiger partial charge is 0.370 e. The van der Waals surface area contributed by atoms with Crippen molar-refractivity contribution in [3.8, 4) is 6.07 Å². The minimum Gasteiger partial charge on any atom is -0.370 e. The number of primary amides is 1. The number of carbonyl (C=O) groups is 1. The van der Waals surface area contributed by atoms with Crippen LogP contribution in [0.25, 0.3) is 0 Å². The molecule has 3 N–H and O–H groups in total. The Bertz CT molecular complexity index is 228. The van der Waals surface area contributed by atoms with Gasteiger partial charge in [-0.05, 0) is 18.3 Å². The quantitative estimate of drug-likeness (QED) is 0.572. The van der Waals surface area contributed by atoms with Crippen molar-refractivity contribution in [3.05, 3.63) is 0 Å². The summed E-state index contributed by atoms with van der Waals surface area (Å²) in [6, 6.07) is 2.19. The highest BCUT2D eigenvalue weighted by molar-refractivity contribution is 5.73. The molecule has 13 heavy (non-hydrogen) atoms. The van der Waals surface area contributed by atoms with E-state index in [0.29, 0.717) is 19.4 Å². The van der Waals surface area contributed by atoms with Crippen molar-refractivity contribution in [2.45, 2.75) is 25.7 Å². The first kappa shape index (κ1) is 10.0. The van der Waals surface area contributed by atoms with Gasteiger partial charge in [-0.25, -0.2) is 0 Å². The molecule has 1 aliphatic carbocycles. The summed E-state index contributed by atoms with van der Waals surface area (Å²) in [6.07, 6.45) is 3.26. The number of nitrogens with two attached hydrogens (primary N) is 1. The van der Waals surface area contributed by atoms with Crippen LogP contribution in [-0.2, 0) is 4.79 Å². The standard InChI is InChI=1S/C9H15N3O/c10-5-4-9(2-3-9)7-12-6-1-8(11)13/h12H,1-4,6-7H2,(H2,11,13). The molecule has 1 saturated carbocycles. The Morgan fingerprint density at radius 1 is 1.62 bits per heavy atom. The summed E-state index contributed by atoms with van der Waals surface area (Å²) in [6.45, 7) is 1.47. The van der Waals surface area contributed by atoms with E-state index >= 15 is 0 Å². The molecule has 0 aromatic heterocycles. The third-order valence-electron chi connectivity index (χ3n) is 2.46. The zero-order chi connectivity index (χ0) is 9.73. The van der Waals surface area contributed by atoms with Crippen LogP contribution in [0.4, 0.5) is 0 Å². The van der Waals surface area contributed by atoms with Crippen LogP contribution < -0.4 is 11.1 Å². The molecule has 1 aliphatic rings. The number of amides is 1. The number of nitrogens with zero attached hydrogens (tertiary/aromatic N) is 1. The van der Waals surface area contributed by atoms with Crippen LogP contribution in [0.3, 0.4) is 0 Å². The van der Waals surface area contributed by atoms with Crippen molar-refractivity contribution in [2.75, 3.05) is 13.1 Å². The summed E-state index contributed by atoms with van der Waals surface area (Å²) < 4.78 is 0. The summed E-state index contributed by atoms with van der Waals surface area (Å²) in [5, 5.41) is 11.7. The molecule has 0 saturated heterocycles. The Kier molecular flexibility index (Phi) is 3.26. The first-order valence-electron chi connectivity index (χ1n) is 4.54. The average Bonchev–Trinajstić information content (AvgIpc) is 2.80. The lowest BCUT2D eigenvalue weighted by atomic mass is 10.0. The van der Waals surface area contributed by atoms with E-state index in [-0.39, 0.29) is 11.3 Å². The molecule has 0 radical (unpaired) electrons. The van der Waals surface area contributed by atoms with Crippen molar-refractivity contribution in [2.24, 2.45) is 11.1 Å². The fraction of sp³-hybridized carbons (Fsp3) is 0.778. The van der Waals surface area contributed by atoms with Crippen LogP contribution in [0.5, 0.6) is 0 Å². The van der Waals surface area contributed by atoms with E-state index in [4.69, 9.17) is 11.0 Å². The van der Waals surface area contributed by atoms with E-state index < -0.39 is 0 Å². The Morgan fingerprint density at radius 2 is 2.31 bits per heavy atom. The van der Waals surface area contributed by atoms with E-state index in [0.717, 1.165) is 19.4 Å². The Balaban J connectivity index is 2.06. The summed E-state index contributed by atoms with van der Waals surface area (Å²) >= 11 is 0. The molecule has 0 heterocycles. The third-order valence-corrected chi connectivity index (χ3v) is 2.46. The van der Waals surface area contributed by atoms with Crippen LogP contribution in [-0.4, -0.2) is 19.0 Å². The monoisotopic (exact) mass is 181 g/mol. The molecule has 0 aliphatic heterocycles. The van der Waals surface area contributed by atoms with Crippen LogP contribution in [0.2, 0.25) is 0 Å². The van der Waals surface area contributed by atoms with Crippen LogP contribution in [0.15, 0.2) is 0 Å². The topological polar surface area (TPSA) is 78.9 Å². The lowest BCUT2D eigenvalue weighted by Gasteiger charge is -2.10. The summed E-state index contributed by atoms with van der Waals surface area (Å²) in [4.78, 5) is 10.4. The van der Waals surface area contributed by atoms with Crippen LogP contribution in [0.1, 0.15) is 25.7 Å². The number of nitriles is 1. The molecule has 0 unspecified atom stereocenters. The van der Waals surface area contributed by atoms with Gasteiger partial charge in [-0.1, -0.05) is 0 Å². The van der Waals surface area contributed by atoms with Crippen molar-refractivity contribution in [1.82, 2.24) is 5.32 Å². The molecule has 0 bridgehead atoms. The van der Waals surface area contributed by atoms with Crippen LogP contribution in [0, 0.1) is 16.7 Å². The zero-order valence-corrected chi connectivity index (χ0v) is 7.68. The SMILES string of the molecule is N#CCC1(CNCCC(N)=O)CC1. The maximum atomic E-state index is 10.4. The second-order valence-electron chi connectivity index (χ2n) is 3.73. The third kappa shape index (κ3) is 3.43. The second-order valence-corrected chi connectivity index (χ2v) is 3.73. The van der Waals surface area contributed by atoms with Gasteiger partial charge < -0.3 is 11.1 Å². The summed E-state index contributed by atoms with van der Waals surface area (Å²) in [5.74, 6) is -0.280. The first-order valence-corrected chi connectivity index (χ1v) is 4.54. The van der Waals surface area contributed by atoms with Gasteiger partial charge in [-0.15, -0.1) is 0 Å². The highest BCUT2D eigenvalue weighted by Gasteiger charge is 2.41. The number of hydrogen-bond acceptors (Lipinski definition) is 3. The van der Waals surface area contributed by atoms with E-state index in [1.807, 2.05) is 0 Å². The summed E-state index contributed by atoms with van der Waals surface area (Å²) in [7, 11) is 0. The van der Waals surface area contributed by atoms with Crippen molar-refractivity contribution < 1.29 is 4.79 Å². The molecule has 1 amide bonds. The summed E-state index contributed by atoms with van der Waals surface area (Å²) in [5.41, 5.74) is 5.20. The Labute approximate surface area is 78.1 Å². The van der Waals surface area contributed by atoms with Gasteiger partial charge in [0.15, 0.2) is 0 Å². The highest BCUT2D eigenvalue weighted by Crippen LogP contribution is 2.47. The average molecular weight is 181 g/mol. The van der Waals surface area contributed by atoms with Crippen molar-refractivity contribution in [3.63, 3.8) is 0 Å². The number of nitrogens with one attached hydrogen (secondary N) is 1. The maximum Gasteiger partial charge on any atom is 0.218 e. The van der Waals surface area contributed by atoms with Gasteiger partial charge in [0.05, 0.1) is 6.07 Å². The highest BCUT2D eigenvalue weighted by atomic mass is 16.1. The molecule has 0 atom stereocenters. The minimum atomic E-state index is -0.280. The van der Waals surface area contributed by atoms with Crippen molar-refractivity contribution >= 4 is 5.91 Å². The number of hydrogen-bond donors (Lipinski definition) is 2. The van der Waals surface area contributed by atoms with E-state index in [1.54, 1.807) is 0 Å². The van der Waals surface area contributed by atoms with Crippen molar-refractivity contribution in [1.29, 1.82) is 5.26 Å². The van der Waals surface area contributed by atoms with E-state index in [2.05, 4.69) is 11.4 Å². The van der Waals surface area contributed by atoms with Gasteiger partial charge in [-0.2, -0.15) is 5.26 Å². The van der Waals surface area contributed by atoms with Crippen LogP contribution >= 0.6 is 0 Å². The van der Waals surface area contributed by atoms with Gasteiger partial charge in [-0.3, -0.25) is 4.79 Å². The minimum absolute atomic E-state index is 0.215. The Morgan fingerprint density at radius 3 is 2.77 bits per heavy atom. The number of carbonyl (C=O) groups excluding carboxylic acids is 1. The molecule has 1 rings (SSSR count). The Hall–Kier alpha value is -1.08. The van der Waals surface area contributed by atoms with E-state index in [9.17, 15) is 4.79 Å². The van der Waals surface area contributed by atoms with Gasteiger partial charge >= 0.3 is 0 Å². The molecule has 72 valence electrons. The predicted molar refractivity (Wildman–Crippen MR) is 48.6 cm³/mol. The first-order chi connectivity index (χ1) is 6.18. The molecule has 4 heteroatoms.